The molecular weight excluding hydrogens is 1620 g/mol. The predicted octanol–water partition coefficient (Wildman–Crippen LogP) is 23.5. The zero-order chi connectivity index (χ0) is 68.2. The van der Waals surface area contributed by atoms with Gasteiger partial charge in [0.2, 0.25) is 0 Å². The van der Waals surface area contributed by atoms with Crippen LogP contribution in [0.4, 0.5) is 0 Å². The molecule has 504 valence electrons. The number of aromatic nitrogens is 6. The summed E-state index contributed by atoms with van der Waals surface area (Å²) in [4.78, 5) is 29.0. The Morgan fingerprint density at radius 2 is 0.490 bits per heavy atom. The average molecular weight is 1690 g/mol. The van der Waals surface area contributed by atoms with Crippen LogP contribution in [0, 0.1) is 36.4 Å². The molecule has 4 unspecified atom stereocenters. The Balaban J connectivity index is 0.000000183. The van der Waals surface area contributed by atoms with Crippen molar-refractivity contribution in [2.24, 2.45) is 0 Å². The van der Waals surface area contributed by atoms with E-state index in [-0.39, 0.29) is 58.0 Å². The molecule has 0 aliphatic heterocycles. The van der Waals surface area contributed by atoms with Crippen molar-refractivity contribution >= 4 is 0 Å². The van der Waals surface area contributed by atoms with Crippen molar-refractivity contribution in [3.05, 3.63) is 387 Å². The van der Waals surface area contributed by atoms with Gasteiger partial charge in [-0.05, 0) is 175 Å². The van der Waals surface area contributed by atoms with E-state index in [9.17, 15) is 0 Å². The van der Waals surface area contributed by atoms with Gasteiger partial charge >= 0.3 is 40.2 Å². The van der Waals surface area contributed by atoms with Crippen LogP contribution >= 0.6 is 0 Å². The molecule has 2 aliphatic rings. The van der Waals surface area contributed by atoms with E-state index in [1.807, 2.05) is 128 Å². The van der Waals surface area contributed by atoms with Gasteiger partial charge < -0.3 is 29.9 Å². The van der Waals surface area contributed by atoms with Crippen molar-refractivity contribution in [1.82, 2.24) is 29.9 Å². The van der Waals surface area contributed by atoms with E-state index >= 15 is 0 Å². The van der Waals surface area contributed by atoms with Gasteiger partial charge in [-0.3, -0.25) is 12.1 Å². The predicted molar refractivity (Wildman–Crippen MR) is 412 cm³/mol. The Morgan fingerprint density at radius 3 is 0.779 bits per heavy atom. The van der Waals surface area contributed by atoms with Crippen LogP contribution in [0.5, 0.6) is 0 Å². The third kappa shape index (κ3) is 15.9. The molecule has 10 aromatic carbocycles. The van der Waals surface area contributed by atoms with Crippen LogP contribution < -0.4 is 0 Å². The summed E-state index contributed by atoms with van der Waals surface area (Å²) in [5, 5.41) is 0. The summed E-state index contributed by atoms with van der Waals surface area (Å²) >= 11 is 0. The second kappa shape index (κ2) is 33.5. The molecule has 15 aromatic rings. The molecule has 17 rings (SSSR count). The normalized spacial score (nSPS) is 16.1. The Labute approximate surface area is 638 Å². The first-order valence-corrected chi connectivity index (χ1v) is 35.5. The Kier molecular flexibility index (Phi) is 22.6. The zero-order valence-electron chi connectivity index (χ0n) is 57.3. The SMILES string of the molecule is [Ir+3].[Ir+3].[c-]1ccc[c-]c1-c1ncc(-c2ccccc2C2CC(c3ccccc3-c3ccc(-c4[c-]cccc4)nc3)CC(c3ccccc3-c3ccc(-c4[c-]cccc4)nc3)C2)cn1.[c-]1ccccc1-c1ccc(-c2ccccc2C2CCCC(c3ccccc3-c3ccc(-c4[c-]cccc4)nc3)C2)cn1. The summed E-state index contributed by atoms with van der Waals surface area (Å²) in [7, 11) is 0. The maximum absolute atomic E-state index is 4.92. The summed E-state index contributed by atoms with van der Waals surface area (Å²) in [5.74, 6) is 2.46. The molecule has 2 aliphatic carbocycles. The molecule has 2 saturated carbocycles. The second-order valence-electron chi connectivity index (χ2n) is 26.6. The van der Waals surface area contributed by atoms with Gasteiger partial charge in [0.25, 0.3) is 0 Å². The van der Waals surface area contributed by atoms with E-state index in [0.717, 1.165) is 93.0 Å². The second-order valence-corrected chi connectivity index (χ2v) is 26.6. The molecule has 0 radical (unpaired) electrons. The quantitative estimate of drug-likeness (QED) is 0.0952. The standard InChI is InChI=1S/C56H40N4.C40H32N2.2Ir/c1-4-16-39(17-5-1)54-30-28-42(35-57-54)48-22-10-12-24-50(48)44-32-45(51-25-13-11-23-49(51)43-29-31-55(58-36-43)40-18-6-2-7-19-40)34-46(33-44)52-26-14-15-27-53(52)47-37-59-56(60-38-47)41-20-8-3-9-21-41;1-3-12-29(13-4-1)39-24-22-33(27-41-39)37-20-9-7-18-35(37)31-16-11-17-32(26-31)36-19-8-10-21-38(36)34-23-25-40(42-28-34)30-14-5-2-6-15-30;;/h1-16,18,22-31,35-38,44-46H,32-34H2;1-10,12,14,18-25,27-28,31-32H,11,16-17,26H2;;/q-4;-2;2*+3. The average Bonchev–Trinajstić information content (AvgIpc) is 0.787. The van der Waals surface area contributed by atoms with Gasteiger partial charge in [-0.15, -0.1) is 144 Å². The molecule has 4 atom stereocenters. The fourth-order valence-corrected chi connectivity index (χ4v) is 15.6. The smallest absolute Gasteiger partial charge is 0.332 e. The van der Waals surface area contributed by atoms with E-state index in [2.05, 4.69) is 231 Å². The zero-order valence-corrected chi connectivity index (χ0v) is 62.1. The number of rotatable bonds is 15. The molecule has 0 spiro atoms. The van der Waals surface area contributed by atoms with Crippen molar-refractivity contribution < 1.29 is 40.2 Å². The van der Waals surface area contributed by atoms with Gasteiger partial charge in [-0.2, -0.15) is 0 Å². The van der Waals surface area contributed by atoms with Crippen molar-refractivity contribution in [3.63, 3.8) is 0 Å². The number of nitrogens with zero attached hydrogens (tertiary/aromatic N) is 6. The van der Waals surface area contributed by atoms with E-state index < -0.39 is 0 Å². The maximum Gasteiger partial charge on any atom is 3.00 e. The van der Waals surface area contributed by atoms with Gasteiger partial charge in [0.05, 0.1) is 0 Å². The van der Waals surface area contributed by atoms with Crippen LogP contribution in [0.1, 0.15) is 102 Å². The topological polar surface area (TPSA) is 77.3 Å². The number of hydrogen-bond acceptors (Lipinski definition) is 6. The first-order chi connectivity index (χ1) is 50.6. The van der Waals surface area contributed by atoms with Crippen molar-refractivity contribution in [2.45, 2.75) is 74.5 Å². The fourth-order valence-electron chi connectivity index (χ4n) is 15.6. The van der Waals surface area contributed by atoms with Gasteiger partial charge in [0, 0.05) is 42.7 Å². The van der Waals surface area contributed by atoms with Crippen LogP contribution in [-0.2, 0) is 40.2 Å². The van der Waals surface area contributed by atoms with Gasteiger partial charge in [0.1, 0.15) is 0 Å². The molecule has 5 heterocycles. The van der Waals surface area contributed by atoms with E-state index in [1.165, 1.54) is 86.0 Å². The molecular formula is C96H72Ir2N6. The summed E-state index contributed by atoms with van der Waals surface area (Å²) in [5.41, 5.74) is 27.3. The number of pyridine rings is 4. The summed E-state index contributed by atoms with van der Waals surface area (Å²) in [6.07, 6.45) is 19.8. The van der Waals surface area contributed by atoms with Crippen molar-refractivity contribution in [3.8, 4) is 112 Å². The van der Waals surface area contributed by atoms with Gasteiger partial charge in [-0.1, -0.05) is 176 Å². The molecule has 0 N–H and O–H groups in total. The van der Waals surface area contributed by atoms with Gasteiger partial charge in [-0.25, -0.2) is 23.8 Å². The van der Waals surface area contributed by atoms with Crippen LogP contribution in [0.2, 0.25) is 0 Å². The first-order valence-electron chi connectivity index (χ1n) is 35.5. The third-order valence-corrected chi connectivity index (χ3v) is 20.5. The molecule has 2 fully saturated rings. The fraction of sp³-hybridized carbons (Fsp3) is 0.125. The molecule has 6 nitrogen and oxygen atoms in total. The molecule has 0 amide bonds. The van der Waals surface area contributed by atoms with Crippen LogP contribution in [0.25, 0.3) is 112 Å². The summed E-state index contributed by atoms with van der Waals surface area (Å²) in [6.45, 7) is 0. The molecule has 0 bridgehead atoms. The largest absolute Gasteiger partial charge is 3.00 e. The summed E-state index contributed by atoms with van der Waals surface area (Å²) in [6, 6.07) is 119. The summed E-state index contributed by atoms with van der Waals surface area (Å²) < 4.78 is 0. The maximum atomic E-state index is 4.92. The monoisotopic (exact) mass is 1690 g/mol. The van der Waals surface area contributed by atoms with Crippen LogP contribution in [0.3, 0.4) is 0 Å². The Hall–Kier alpha value is -10.8. The molecule has 0 saturated heterocycles. The minimum atomic E-state index is 0. The number of benzene rings is 10. The van der Waals surface area contributed by atoms with Crippen LogP contribution in [-0.4, -0.2) is 29.9 Å². The van der Waals surface area contributed by atoms with Crippen LogP contribution in [0.15, 0.2) is 322 Å². The minimum Gasteiger partial charge on any atom is -0.332 e. The molecule has 104 heavy (non-hydrogen) atoms. The third-order valence-electron chi connectivity index (χ3n) is 20.5. The first kappa shape index (κ1) is 70.2. The van der Waals surface area contributed by atoms with Gasteiger partial charge in [0.15, 0.2) is 0 Å². The molecule has 5 aromatic heterocycles. The molecule has 8 heteroatoms. The van der Waals surface area contributed by atoms with E-state index in [4.69, 9.17) is 29.9 Å². The Morgan fingerprint density at radius 1 is 0.231 bits per heavy atom. The minimum absolute atomic E-state index is 0. The number of hydrogen-bond donors (Lipinski definition) is 0. The van der Waals surface area contributed by atoms with E-state index in [0.29, 0.717) is 17.7 Å². The Bertz CT molecular complexity index is 4790. The van der Waals surface area contributed by atoms with Crippen molar-refractivity contribution in [1.29, 1.82) is 0 Å². The van der Waals surface area contributed by atoms with E-state index in [1.54, 1.807) is 0 Å². The van der Waals surface area contributed by atoms with Crippen molar-refractivity contribution in [2.75, 3.05) is 0 Å².